The second-order valence-corrected chi connectivity index (χ2v) is 8.91. The second-order valence-electron chi connectivity index (χ2n) is 7.96. The van der Waals surface area contributed by atoms with Gasteiger partial charge in [-0.3, -0.25) is 14.6 Å². The standard InChI is InChI=1S/C25H27N3O3S/c1-17-8-9-21(24(29)26-16-18-5-3-6-20(15-18)31-2)23(27-17)19-10-12-28(13-11-19)25(30)22-7-4-14-32-22/h3-9,14-15,19H,10-13,16H2,1-2H3,(H,26,29). The van der Waals surface area contributed by atoms with Gasteiger partial charge in [-0.1, -0.05) is 18.2 Å². The number of benzene rings is 1. The van der Waals surface area contributed by atoms with Crippen LogP contribution in [0.5, 0.6) is 5.75 Å². The molecule has 0 spiro atoms. The molecule has 1 aliphatic heterocycles. The minimum absolute atomic E-state index is 0.0897. The van der Waals surface area contributed by atoms with Crippen LogP contribution in [0.2, 0.25) is 0 Å². The van der Waals surface area contributed by atoms with E-state index in [4.69, 9.17) is 9.72 Å². The van der Waals surface area contributed by atoms with Gasteiger partial charge < -0.3 is 15.0 Å². The van der Waals surface area contributed by atoms with Gasteiger partial charge in [0.05, 0.1) is 23.2 Å². The predicted octanol–water partition coefficient (Wildman–Crippen LogP) is 4.41. The van der Waals surface area contributed by atoms with Crippen LogP contribution in [-0.4, -0.2) is 41.9 Å². The molecular formula is C25H27N3O3S. The highest BCUT2D eigenvalue weighted by Crippen LogP contribution is 2.30. The fourth-order valence-corrected chi connectivity index (χ4v) is 4.74. The number of ether oxygens (including phenoxy) is 1. The lowest BCUT2D eigenvalue weighted by Gasteiger charge is -2.32. The van der Waals surface area contributed by atoms with Crippen LogP contribution in [0.1, 0.15) is 55.7 Å². The smallest absolute Gasteiger partial charge is 0.263 e. The van der Waals surface area contributed by atoms with Gasteiger partial charge in [0, 0.05) is 31.2 Å². The Kier molecular flexibility index (Phi) is 6.85. The molecule has 166 valence electrons. The number of hydrogen-bond donors (Lipinski definition) is 1. The van der Waals surface area contributed by atoms with E-state index in [-0.39, 0.29) is 17.7 Å². The van der Waals surface area contributed by atoms with E-state index in [1.54, 1.807) is 7.11 Å². The van der Waals surface area contributed by atoms with Crippen molar-refractivity contribution in [2.45, 2.75) is 32.2 Å². The molecule has 3 heterocycles. The fraction of sp³-hybridized carbons (Fsp3) is 0.320. The molecule has 0 aliphatic carbocycles. The van der Waals surface area contributed by atoms with Gasteiger partial charge in [-0.25, -0.2) is 0 Å². The van der Waals surface area contributed by atoms with Crippen LogP contribution in [0.25, 0.3) is 0 Å². The number of piperidine rings is 1. The molecule has 7 heteroatoms. The van der Waals surface area contributed by atoms with Crippen LogP contribution in [0.4, 0.5) is 0 Å². The van der Waals surface area contributed by atoms with Crippen LogP contribution in [-0.2, 0) is 6.54 Å². The average molecular weight is 450 g/mol. The number of nitrogens with zero attached hydrogens (tertiary/aromatic N) is 2. The third-order valence-electron chi connectivity index (χ3n) is 5.80. The maximum absolute atomic E-state index is 13.0. The normalized spacial score (nSPS) is 14.2. The number of hydrogen-bond acceptors (Lipinski definition) is 5. The highest BCUT2D eigenvalue weighted by atomic mass is 32.1. The summed E-state index contributed by atoms with van der Waals surface area (Å²) in [5.74, 6) is 0.873. The van der Waals surface area contributed by atoms with E-state index in [1.165, 1.54) is 11.3 Å². The number of rotatable bonds is 6. The molecule has 0 saturated carbocycles. The number of nitrogens with one attached hydrogen (secondary N) is 1. The number of thiophene rings is 1. The van der Waals surface area contributed by atoms with Crippen molar-refractivity contribution in [1.29, 1.82) is 0 Å². The van der Waals surface area contributed by atoms with Gasteiger partial charge in [-0.15, -0.1) is 11.3 Å². The van der Waals surface area contributed by atoms with Gasteiger partial charge in [-0.05, 0) is 61.0 Å². The van der Waals surface area contributed by atoms with Gasteiger partial charge in [-0.2, -0.15) is 0 Å². The zero-order valence-corrected chi connectivity index (χ0v) is 19.2. The van der Waals surface area contributed by atoms with Gasteiger partial charge in [0.1, 0.15) is 5.75 Å². The molecule has 2 amide bonds. The lowest BCUT2D eigenvalue weighted by Crippen LogP contribution is -2.38. The highest BCUT2D eigenvalue weighted by molar-refractivity contribution is 7.12. The van der Waals surface area contributed by atoms with Crippen molar-refractivity contribution in [3.05, 3.63) is 81.3 Å². The molecule has 1 N–H and O–H groups in total. The Morgan fingerprint density at radius 2 is 1.97 bits per heavy atom. The third kappa shape index (κ3) is 4.99. The molecule has 32 heavy (non-hydrogen) atoms. The van der Waals surface area contributed by atoms with Gasteiger partial charge in [0.2, 0.25) is 0 Å². The summed E-state index contributed by atoms with van der Waals surface area (Å²) in [6.45, 7) is 3.69. The SMILES string of the molecule is COc1cccc(CNC(=O)c2ccc(C)nc2C2CCN(C(=O)c3cccs3)CC2)c1. The molecule has 2 aromatic heterocycles. The monoisotopic (exact) mass is 449 g/mol. The van der Waals surface area contributed by atoms with Crippen molar-refractivity contribution >= 4 is 23.2 Å². The first-order valence-electron chi connectivity index (χ1n) is 10.8. The molecule has 0 unspecified atom stereocenters. The van der Waals surface area contributed by atoms with E-state index < -0.39 is 0 Å². The highest BCUT2D eigenvalue weighted by Gasteiger charge is 2.28. The number of aryl methyl sites for hydroxylation is 1. The lowest BCUT2D eigenvalue weighted by atomic mass is 9.89. The first-order valence-corrected chi connectivity index (χ1v) is 11.6. The minimum atomic E-state index is -0.132. The predicted molar refractivity (Wildman–Crippen MR) is 125 cm³/mol. The average Bonchev–Trinajstić information content (AvgIpc) is 3.37. The number of pyridine rings is 1. The summed E-state index contributed by atoms with van der Waals surface area (Å²) in [5.41, 5.74) is 3.30. The molecule has 1 aromatic carbocycles. The lowest BCUT2D eigenvalue weighted by molar-refractivity contribution is 0.0715. The number of likely N-dealkylation sites (tertiary alicyclic amines) is 1. The summed E-state index contributed by atoms with van der Waals surface area (Å²) >= 11 is 1.47. The number of amides is 2. The van der Waals surface area contributed by atoms with Crippen LogP contribution in [0.15, 0.2) is 53.9 Å². The zero-order chi connectivity index (χ0) is 22.5. The van der Waals surface area contributed by atoms with Gasteiger partial charge in [0.15, 0.2) is 0 Å². The van der Waals surface area contributed by atoms with Gasteiger partial charge >= 0.3 is 0 Å². The Balaban J connectivity index is 1.44. The summed E-state index contributed by atoms with van der Waals surface area (Å²) in [7, 11) is 1.63. The molecule has 1 saturated heterocycles. The summed E-state index contributed by atoms with van der Waals surface area (Å²) in [4.78, 5) is 33.1. The maximum atomic E-state index is 13.0. The summed E-state index contributed by atoms with van der Waals surface area (Å²) < 4.78 is 5.26. The molecule has 0 bridgehead atoms. The first kappa shape index (κ1) is 22.0. The molecule has 1 fully saturated rings. The van der Waals surface area contributed by atoms with E-state index >= 15 is 0 Å². The van der Waals surface area contributed by atoms with E-state index in [1.807, 2.05) is 65.7 Å². The van der Waals surface area contributed by atoms with Crippen molar-refractivity contribution in [3.8, 4) is 5.75 Å². The molecule has 0 atom stereocenters. The van der Waals surface area contributed by atoms with E-state index in [2.05, 4.69) is 5.32 Å². The molecule has 0 radical (unpaired) electrons. The first-order chi connectivity index (χ1) is 15.5. The summed E-state index contributed by atoms with van der Waals surface area (Å²) in [5, 5.41) is 4.94. The topological polar surface area (TPSA) is 71.5 Å². The zero-order valence-electron chi connectivity index (χ0n) is 18.3. The van der Waals surface area contributed by atoms with Crippen molar-refractivity contribution in [1.82, 2.24) is 15.2 Å². The minimum Gasteiger partial charge on any atom is -0.497 e. The van der Waals surface area contributed by atoms with Crippen molar-refractivity contribution < 1.29 is 14.3 Å². The fourth-order valence-electron chi connectivity index (χ4n) is 4.05. The van der Waals surface area contributed by atoms with Crippen LogP contribution in [0.3, 0.4) is 0 Å². The Morgan fingerprint density at radius 1 is 1.16 bits per heavy atom. The quantitative estimate of drug-likeness (QED) is 0.605. The molecule has 3 aromatic rings. The summed E-state index contributed by atoms with van der Waals surface area (Å²) in [6.07, 6.45) is 1.59. The molecule has 6 nitrogen and oxygen atoms in total. The van der Waals surface area contributed by atoms with Crippen molar-refractivity contribution in [2.24, 2.45) is 0 Å². The number of carbonyl (C=O) groups is 2. The Labute approximate surface area is 192 Å². The van der Waals surface area contributed by atoms with E-state index in [0.29, 0.717) is 25.2 Å². The van der Waals surface area contributed by atoms with Crippen LogP contribution in [0, 0.1) is 6.92 Å². The van der Waals surface area contributed by atoms with Gasteiger partial charge in [0.25, 0.3) is 11.8 Å². The third-order valence-corrected chi connectivity index (χ3v) is 6.65. The van der Waals surface area contributed by atoms with Crippen LogP contribution >= 0.6 is 11.3 Å². The van der Waals surface area contributed by atoms with Crippen LogP contribution < -0.4 is 10.1 Å². The Morgan fingerprint density at radius 3 is 2.69 bits per heavy atom. The van der Waals surface area contributed by atoms with Crippen molar-refractivity contribution in [3.63, 3.8) is 0 Å². The maximum Gasteiger partial charge on any atom is 0.263 e. The Bertz CT molecular complexity index is 1090. The largest absolute Gasteiger partial charge is 0.497 e. The second kappa shape index (κ2) is 9.96. The number of aromatic nitrogens is 1. The number of carbonyl (C=O) groups excluding carboxylic acids is 2. The Hall–Kier alpha value is -3.19. The molecule has 4 rings (SSSR count). The van der Waals surface area contributed by atoms with E-state index in [9.17, 15) is 9.59 Å². The van der Waals surface area contributed by atoms with Crippen molar-refractivity contribution in [2.75, 3.05) is 20.2 Å². The molecular weight excluding hydrogens is 422 g/mol. The number of methoxy groups -OCH3 is 1. The van der Waals surface area contributed by atoms with E-state index in [0.717, 1.165) is 40.4 Å². The summed E-state index contributed by atoms with van der Waals surface area (Å²) in [6, 6.07) is 15.2. The molecule has 1 aliphatic rings.